The Balaban J connectivity index is 1.65. The molecule has 0 saturated heterocycles. The quantitative estimate of drug-likeness (QED) is 0.825. The van der Waals surface area contributed by atoms with E-state index in [2.05, 4.69) is 28.8 Å². The van der Waals surface area contributed by atoms with E-state index >= 15 is 0 Å². The Morgan fingerprint density at radius 3 is 2.70 bits per heavy atom. The molecule has 0 bridgehead atoms. The van der Waals surface area contributed by atoms with Crippen molar-refractivity contribution in [2.24, 2.45) is 0 Å². The largest absolute Gasteiger partial charge is 0.372 e. The highest BCUT2D eigenvalue weighted by Crippen LogP contribution is 2.22. The van der Waals surface area contributed by atoms with Gasteiger partial charge in [0.25, 0.3) is 5.91 Å². The van der Waals surface area contributed by atoms with Gasteiger partial charge in [0.1, 0.15) is 6.61 Å². The van der Waals surface area contributed by atoms with Crippen molar-refractivity contribution in [1.82, 2.24) is 5.32 Å². The summed E-state index contributed by atoms with van der Waals surface area (Å²) in [5, 5.41) is 5.95. The normalized spacial score (nSPS) is 15.7. The van der Waals surface area contributed by atoms with Crippen molar-refractivity contribution in [3.8, 4) is 0 Å². The van der Waals surface area contributed by atoms with Crippen LogP contribution in [0.1, 0.15) is 40.4 Å². The van der Waals surface area contributed by atoms with Crippen molar-refractivity contribution >= 4 is 17.5 Å². The molecule has 1 unspecified atom stereocenters. The van der Waals surface area contributed by atoms with Gasteiger partial charge in [-0.2, -0.15) is 0 Å². The van der Waals surface area contributed by atoms with Gasteiger partial charge in [-0.15, -0.1) is 0 Å². The number of carbonyl (C=O) groups is 2. The van der Waals surface area contributed by atoms with E-state index in [9.17, 15) is 9.59 Å². The topological polar surface area (TPSA) is 67.4 Å². The van der Waals surface area contributed by atoms with E-state index in [1.165, 1.54) is 11.1 Å². The first kappa shape index (κ1) is 19.1. The van der Waals surface area contributed by atoms with Crippen LogP contribution in [0.5, 0.6) is 0 Å². The van der Waals surface area contributed by atoms with Crippen LogP contribution in [0, 0.1) is 6.92 Å². The highest BCUT2D eigenvalue weighted by Gasteiger charge is 2.20. The van der Waals surface area contributed by atoms with Crippen LogP contribution in [-0.4, -0.2) is 31.1 Å². The lowest BCUT2D eigenvalue weighted by Crippen LogP contribution is -2.38. The Hall–Kier alpha value is -2.66. The average molecular weight is 366 g/mol. The van der Waals surface area contributed by atoms with Crippen LogP contribution in [0.4, 0.5) is 5.69 Å². The van der Waals surface area contributed by atoms with Crippen molar-refractivity contribution in [2.45, 2.75) is 39.2 Å². The minimum Gasteiger partial charge on any atom is -0.372 e. The maximum atomic E-state index is 12.7. The molecule has 3 rings (SSSR count). The molecule has 0 heterocycles. The zero-order chi connectivity index (χ0) is 19.2. The smallest absolute Gasteiger partial charge is 0.251 e. The molecule has 1 aliphatic carbocycles. The van der Waals surface area contributed by atoms with Gasteiger partial charge in [-0.25, -0.2) is 0 Å². The fraction of sp³-hybridized carbons (Fsp3) is 0.364. The molecule has 2 N–H and O–H groups in total. The zero-order valence-electron chi connectivity index (χ0n) is 15.9. The van der Waals surface area contributed by atoms with E-state index in [4.69, 9.17) is 4.74 Å². The van der Waals surface area contributed by atoms with Gasteiger partial charge in [0.2, 0.25) is 5.91 Å². The number of anilines is 1. The highest BCUT2D eigenvalue weighted by molar-refractivity contribution is 5.98. The average Bonchev–Trinajstić information content (AvgIpc) is 2.68. The lowest BCUT2D eigenvalue weighted by Gasteiger charge is -2.25. The summed E-state index contributed by atoms with van der Waals surface area (Å²) >= 11 is 0. The van der Waals surface area contributed by atoms with Crippen molar-refractivity contribution in [2.75, 3.05) is 18.5 Å². The maximum absolute atomic E-state index is 12.7. The second-order valence-corrected chi connectivity index (χ2v) is 6.90. The number of amides is 2. The third-order valence-electron chi connectivity index (χ3n) is 4.89. The summed E-state index contributed by atoms with van der Waals surface area (Å²) in [6.45, 7) is 4.23. The summed E-state index contributed by atoms with van der Waals surface area (Å²) in [4.78, 5) is 24.6. The van der Waals surface area contributed by atoms with Crippen LogP contribution < -0.4 is 10.6 Å². The molecule has 0 aromatic heterocycles. The second kappa shape index (κ2) is 8.82. The van der Waals surface area contributed by atoms with Gasteiger partial charge in [0, 0.05) is 23.9 Å². The van der Waals surface area contributed by atoms with Gasteiger partial charge >= 0.3 is 0 Å². The molecule has 0 saturated carbocycles. The molecule has 2 aromatic carbocycles. The SMILES string of the molecule is CCOCC(=O)Nc1cc(C(=O)NC2CCc3ccccc3C2)ccc1C. The Kier molecular flexibility index (Phi) is 6.24. The summed E-state index contributed by atoms with van der Waals surface area (Å²) in [6.07, 6.45) is 2.77. The molecule has 0 spiro atoms. The summed E-state index contributed by atoms with van der Waals surface area (Å²) in [7, 11) is 0. The zero-order valence-corrected chi connectivity index (χ0v) is 15.9. The molecular formula is C22H26N2O3. The predicted molar refractivity (Wildman–Crippen MR) is 106 cm³/mol. The molecule has 2 amide bonds. The van der Waals surface area contributed by atoms with E-state index < -0.39 is 0 Å². The minimum absolute atomic E-state index is 0.00778. The first-order chi connectivity index (χ1) is 13.1. The second-order valence-electron chi connectivity index (χ2n) is 6.90. The fourth-order valence-electron chi connectivity index (χ4n) is 3.37. The molecule has 0 fully saturated rings. The van der Waals surface area contributed by atoms with Crippen LogP contribution in [-0.2, 0) is 22.4 Å². The number of nitrogens with one attached hydrogen (secondary N) is 2. The van der Waals surface area contributed by atoms with E-state index in [-0.39, 0.29) is 24.5 Å². The summed E-state index contributed by atoms with van der Waals surface area (Å²) < 4.78 is 5.12. The Labute approximate surface area is 160 Å². The number of carbonyl (C=O) groups excluding carboxylic acids is 2. The van der Waals surface area contributed by atoms with Gasteiger partial charge in [-0.1, -0.05) is 30.3 Å². The molecule has 5 heteroatoms. The Morgan fingerprint density at radius 1 is 1.15 bits per heavy atom. The number of benzene rings is 2. The van der Waals surface area contributed by atoms with Gasteiger partial charge < -0.3 is 15.4 Å². The van der Waals surface area contributed by atoms with Crippen molar-refractivity contribution in [3.05, 3.63) is 64.7 Å². The highest BCUT2D eigenvalue weighted by atomic mass is 16.5. The van der Waals surface area contributed by atoms with Crippen molar-refractivity contribution in [3.63, 3.8) is 0 Å². The van der Waals surface area contributed by atoms with Crippen LogP contribution in [0.2, 0.25) is 0 Å². The van der Waals surface area contributed by atoms with E-state index in [0.717, 1.165) is 24.8 Å². The summed E-state index contributed by atoms with van der Waals surface area (Å²) in [5.74, 6) is -0.332. The number of hydrogen-bond acceptors (Lipinski definition) is 3. The lowest BCUT2D eigenvalue weighted by molar-refractivity contribution is -0.120. The Morgan fingerprint density at radius 2 is 1.93 bits per heavy atom. The standard InChI is InChI=1S/C22H26N2O3/c1-3-27-14-21(25)24-20-13-18(9-8-15(20)2)22(26)23-19-11-10-16-6-4-5-7-17(16)12-19/h4-9,13,19H,3,10-12,14H2,1-2H3,(H,23,26)(H,24,25). The fourth-order valence-corrected chi connectivity index (χ4v) is 3.37. The Bertz CT molecular complexity index is 832. The van der Waals surface area contributed by atoms with Gasteiger partial charge in [-0.3, -0.25) is 9.59 Å². The van der Waals surface area contributed by atoms with Crippen LogP contribution >= 0.6 is 0 Å². The molecular weight excluding hydrogens is 340 g/mol. The predicted octanol–water partition coefficient (Wildman–Crippen LogP) is 3.26. The number of aryl methyl sites for hydroxylation is 2. The minimum atomic E-state index is -0.221. The van der Waals surface area contributed by atoms with Gasteiger partial charge in [0.05, 0.1) is 0 Å². The monoisotopic (exact) mass is 366 g/mol. The number of rotatable bonds is 6. The molecule has 0 aliphatic heterocycles. The molecule has 2 aromatic rings. The van der Waals surface area contributed by atoms with Crippen LogP contribution in [0.25, 0.3) is 0 Å². The lowest BCUT2D eigenvalue weighted by atomic mass is 9.88. The van der Waals surface area contributed by atoms with Gasteiger partial charge in [0.15, 0.2) is 0 Å². The molecule has 0 radical (unpaired) electrons. The summed E-state index contributed by atoms with van der Waals surface area (Å²) in [5.41, 5.74) is 4.77. The maximum Gasteiger partial charge on any atom is 0.251 e. The molecule has 5 nitrogen and oxygen atoms in total. The van der Waals surface area contributed by atoms with Crippen LogP contribution in [0.3, 0.4) is 0 Å². The number of ether oxygens (including phenoxy) is 1. The number of fused-ring (bicyclic) bond motifs is 1. The molecule has 1 atom stereocenters. The molecule has 142 valence electrons. The molecule has 1 aliphatic rings. The summed E-state index contributed by atoms with van der Waals surface area (Å²) in [6, 6.07) is 13.9. The van der Waals surface area contributed by atoms with E-state index in [1.807, 2.05) is 26.0 Å². The van der Waals surface area contributed by atoms with E-state index in [1.54, 1.807) is 12.1 Å². The molecule has 27 heavy (non-hydrogen) atoms. The van der Waals surface area contributed by atoms with Crippen molar-refractivity contribution < 1.29 is 14.3 Å². The van der Waals surface area contributed by atoms with Crippen molar-refractivity contribution in [1.29, 1.82) is 0 Å². The van der Waals surface area contributed by atoms with Crippen LogP contribution in [0.15, 0.2) is 42.5 Å². The first-order valence-corrected chi connectivity index (χ1v) is 9.42. The third kappa shape index (κ3) is 4.95. The van der Waals surface area contributed by atoms with E-state index in [0.29, 0.717) is 17.9 Å². The first-order valence-electron chi connectivity index (χ1n) is 9.42. The number of hydrogen-bond donors (Lipinski definition) is 2. The third-order valence-corrected chi connectivity index (χ3v) is 4.89. The van der Waals surface area contributed by atoms with Gasteiger partial charge in [-0.05, 0) is 61.9 Å².